The average molecular weight is 658 g/mol. The first-order chi connectivity index (χ1) is 20.4. The molecule has 0 heterocycles. The van der Waals surface area contributed by atoms with Crippen molar-refractivity contribution in [2.24, 2.45) is 0 Å². The van der Waals surface area contributed by atoms with Crippen LogP contribution in [0.2, 0.25) is 0 Å². The molecule has 0 aliphatic rings. The van der Waals surface area contributed by atoms with E-state index in [1.165, 1.54) is 0 Å². The smallest absolute Gasteiger partial charge is 0.453 e. The van der Waals surface area contributed by atoms with Gasteiger partial charge >= 0.3 is 30.2 Å². The van der Waals surface area contributed by atoms with Crippen molar-refractivity contribution >= 4 is 5.97 Å². The van der Waals surface area contributed by atoms with Crippen molar-refractivity contribution in [3.8, 4) is 0 Å². The summed E-state index contributed by atoms with van der Waals surface area (Å²) in [5.41, 5.74) is 1.82. The van der Waals surface area contributed by atoms with E-state index in [9.17, 15) is 53.8 Å². The molecule has 0 bridgehead atoms. The Bertz CT molecular complexity index is 927. The van der Waals surface area contributed by atoms with Crippen LogP contribution in [0, 0.1) is 6.92 Å². The van der Waals surface area contributed by atoms with Crippen molar-refractivity contribution in [1.82, 2.24) is 0 Å². The maximum Gasteiger partial charge on any atom is 0.453 e. The van der Waals surface area contributed by atoms with Gasteiger partial charge in [0.2, 0.25) is 0 Å². The monoisotopic (exact) mass is 657 g/mol. The fourth-order valence-electron chi connectivity index (χ4n) is 4.02. The van der Waals surface area contributed by atoms with E-state index in [0.29, 0.717) is 42.4 Å². The third kappa shape index (κ3) is 15.7. The molecule has 1 aromatic carbocycles. The van der Waals surface area contributed by atoms with Gasteiger partial charge in [-0.2, -0.15) is 43.9 Å². The summed E-state index contributed by atoms with van der Waals surface area (Å²) >= 11 is 0. The lowest BCUT2D eigenvalue weighted by Crippen LogP contribution is -2.36. The maximum absolute atomic E-state index is 13.0. The van der Waals surface area contributed by atoms with Crippen LogP contribution in [0.25, 0.3) is 0 Å². The normalized spacial score (nSPS) is 13.1. The van der Waals surface area contributed by atoms with Crippen LogP contribution in [0.1, 0.15) is 93.7 Å². The van der Waals surface area contributed by atoms with Crippen molar-refractivity contribution in [2.75, 3.05) is 13.2 Å². The van der Waals surface area contributed by atoms with Gasteiger partial charge < -0.3 is 19.3 Å². The summed E-state index contributed by atoms with van der Waals surface area (Å²) in [6.45, 7) is 3.56. The van der Waals surface area contributed by atoms with Gasteiger partial charge in [-0.1, -0.05) is 43.9 Å². The number of alkyl halides is 10. The minimum Gasteiger partial charge on any atom is -0.461 e. The molecular formula is C29H39F10O5. The van der Waals surface area contributed by atoms with E-state index in [4.69, 9.17) is 14.2 Å². The second kappa shape index (κ2) is 18.7. The van der Waals surface area contributed by atoms with Gasteiger partial charge in [0.05, 0.1) is 13.0 Å². The third-order valence-corrected chi connectivity index (χ3v) is 6.49. The van der Waals surface area contributed by atoms with Crippen molar-refractivity contribution < 1.29 is 68.0 Å². The highest BCUT2D eigenvalue weighted by Gasteiger charge is 2.57. The Morgan fingerprint density at radius 3 is 1.61 bits per heavy atom. The molecule has 0 aromatic heterocycles. The summed E-state index contributed by atoms with van der Waals surface area (Å²) in [4.78, 5) is 12.3. The van der Waals surface area contributed by atoms with Gasteiger partial charge in [-0.25, -0.2) is 0 Å². The van der Waals surface area contributed by atoms with Crippen molar-refractivity contribution in [3.05, 3.63) is 41.8 Å². The van der Waals surface area contributed by atoms with E-state index < -0.39 is 49.3 Å². The molecule has 0 unspecified atom stereocenters. The van der Waals surface area contributed by atoms with Gasteiger partial charge in [-0.05, 0) is 49.3 Å². The molecule has 0 amide bonds. The Morgan fingerprint density at radius 1 is 0.705 bits per heavy atom. The highest BCUT2D eigenvalue weighted by molar-refractivity contribution is 5.69. The maximum atomic E-state index is 13.0. The van der Waals surface area contributed by atoms with Crippen LogP contribution in [0.15, 0.2) is 18.2 Å². The number of aliphatic hydroxyl groups is 1. The minimum atomic E-state index is -5.60. The number of halogens is 10. The van der Waals surface area contributed by atoms with E-state index >= 15 is 0 Å². The van der Waals surface area contributed by atoms with E-state index in [-0.39, 0.29) is 65.0 Å². The summed E-state index contributed by atoms with van der Waals surface area (Å²) in [6, 6.07) is 4.99. The number of carbonyl (C=O) groups is 1. The molecule has 1 aromatic rings. The minimum absolute atomic E-state index is 0.0334. The van der Waals surface area contributed by atoms with E-state index in [0.717, 1.165) is 0 Å². The summed E-state index contributed by atoms with van der Waals surface area (Å²) < 4.78 is 142. The fraction of sp³-hybridized carbons (Fsp3) is 0.724. The van der Waals surface area contributed by atoms with Crippen LogP contribution in [0.5, 0.6) is 0 Å². The van der Waals surface area contributed by atoms with Gasteiger partial charge in [0, 0.05) is 32.5 Å². The molecule has 0 aliphatic carbocycles. The first-order valence-electron chi connectivity index (χ1n) is 14.2. The highest BCUT2D eigenvalue weighted by atomic mass is 19.4. The Kier molecular flexibility index (Phi) is 17.0. The first-order valence-corrected chi connectivity index (χ1v) is 14.2. The quantitative estimate of drug-likeness (QED) is 0.0585. The van der Waals surface area contributed by atoms with Gasteiger partial charge in [0.15, 0.2) is 6.29 Å². The molecule has 1 rings (SSSR count). The summed E-state index contributed by atoms with van der Waals surface area (Å²) in [7, 11) is 0. The van der Waals surface area contributed by atoms with E-state index in [2.05, 4.69) is 6.92 Å². The first kappa shape index (κ1) is 39.9. The van der Waals surface area contributed by atoms with Crippen molar-refractivity contribution in [2.45, 2.75) is 121 Å². The molecule has 0 spiro atoms. The van der Waals surface area contributed by atoms with Gasteiger partial charge in [-0.3, -0.25) is 4.79 Å². The topological polar surface area (TPSA) is 65.0 Å². The third-order valence-electron chi connectivity index (χ3n) is 6.49. The standard InChI is InChI=1S/C29H39F10O5/c1-21-16-22(19-40)18-23(17-21)20-44-24(41)10-11-25(42-14-8-4-2-6-12-26(30,31)28(34,35)36)43-15-9-5-3-7-13-27(32,33)29(37,38)39/h16-18,25,40H,1-15,19-20H2. The Labute approximate surface area is 250 Å². The summed E-state index contributed by atoms with van der Waals surface area (Å²) in [5.74, 6) is -10.1. The molecule has 0 fully saturated rings. The van der Waals surface area contributed by atoms with Crippen LogP contribution < -0.4 is 0 Å². The summed E-state index contributed by atoms with van der Waals surface area (Å²) in [6.07, 6.45) is -14.1. The van der Waals surface area contributed by atoms with Crippen LogP contribution in [-0.2, 0) is 32.2 Å². The number of hydrogen-bond donors (Lipinski definition) is 1. The predicted molar refractivity (Wildman–Crippen MR) is 140 cm³/mol. The molecule has 0 saturated carbocycles. The molecule has 15 heteroatoms. The van der Waals surface area contributed by atoms with Gasteiger partial charge in [-0.15, -0.1) is 0 Å². The Morgan fingerprint density at radius 2 is 1.16 bits per heavy atom. The van der Waals surface area contributed by atoms with Crippen LogP contribution in [0.4, 0.5) is 43.9 Å². The number of ether oxygens (including phenoxy) is 3. The van der Waals surface area contributed by atoms with Gasteiger partial charge in [0.25, 0.3) is 0 Å². The fourth-order valence-corrected chi connectivity index (χ4v) is 4.02. The number of carbonyl (C=O) groups excluding carboxylic acids is 1. The number of aliphatic hydroxyl groups excluding tert-OH is 1. The predicted octanol–water partition coefficient (Wildman–Crippen LogP) is 8.84. The van der Waals surface area contributed by atoms with E-state index in [1.807, 2.05) is 0 Å². The number of unbranched alkanes of at least 4 members (excludes halogenated alkanes) is 6. The molecule has 1 N–H and O–H groups in total. The summed E-state index contributed by atoms with van der Waals surface area (Å²) in [5, 5.41) is 9.29. The molecule has 1 radical (unpaired) electrons. The largest absolute Gasteiger partial charge is 0.461 e. The highest BCUT2D eigenvalue weighted by Crippen LogP contribution is 2.40. The van der Waals surface area contributed by atoms with Crippen molar-refractivity contribution in [3.63, 3.8) is 0 Å². The Hall–Kier alpha value is -2.13. The zero-order valence-electron chi connectivity index (χ0n) is 24.2. The zero-order valence-corrected chi connectivity index (χ0v) is 24.2. The average Bonchev–Trinajstić information content (AvgIpc) is 2.91. The number of hydrogen-bond acceptors (Lipinski definition) is 5. The second-order valence-corrected chi connectivity index (χ2v) is 10.4. The van der Waals surface area contributed by atoms with Crippen molar-refractivity contribution in [1.29, 1.82) is 0 Å². The molecule has 44 heavy (non-hydrogen) atoms. The molecule has 0 saturated heterocycles. The lowest BCUT2D eigenvalue weighted by molar-refractivity contribution is -0.284. The van der Waals surface area contributed by atoms with E-state index in [1.54, 1.807) is 18.2 Å². The second-order valence-electron chi connectivity index (χ2n) is 10.4. The van der Waals surface area contributed by atoms with Crippen LogP contribution in [-0.4, -0.2) is 54.8 Å². The molecule has 255 valence electrons. The molecule has 0 aliphatic heterocycles. The SMILES string of the molecule is [CH2]c1cc(CO)cc(COC(=O)CCC(OCCCCCCC(F)(F)C(F)(F)F)OCCCCCCC(F)(F)C(F)(F)F)c1. The zero-order chi connectivity index (χ0) is 33.4. The lowest BCUT2D eigenvalue weighted by atomic mass is 10.1. The molecule has 0 atom stereocenters. The molecule has 5 nitrogen and oxygen atoms in total. The van der Waals surface area contributed by atoms with Crippen LogP contribution in [0.3, 0.4) is 0 Å². The van der Waals surface area contributed by atoms with Crippen LogP contribution >= 0.6 is 0 Å². The lowest BCUT2D eigenvalue weighted by Gasteiger charge is -2.20. The van der Waals surface area contributed by atoms with Gasteiger partial charge in [0.1, 0.15) is 6.61 Å². The molecular weight excluding hydrogens is 618 g/mol. The number of rotatable bonds is 22. The Balaban J connectivity index is 2.48. The number of benzene rings is 1. The number of esters is 1.